The zero-order valence-corrected chi connectivity index (χ0v) is 10.3. The second-order valence-electron chi connectivity index (χ2n) is 4.12. The van der Waals surface area contributed by atoms with Gasteiger partial charge in [0.2, 0.25) is 6.39 Å². The predicted octanol–water partition coefficient (Wildman–Crippen LogP) is 1.91. The smallest absolute Gasteiger partial charge is 0.387 e. The van der Waals surface area contributed by atoms with E-state index in [9.17, 15) is 18.3 Å². The van der Waals surface area contributed by atoms with Gasteiger partial charge in [0.1, 0.15) is 0 Å². The molecule has 0 bridgehead atoms. The molecular formula is C12H12F3N3O2. The molecule has 2 rings (SSSR count). The SMILES string of the molecule is OC(CNCc1ncon1)c1cccc(C(F)(F)F)c1. The Kier molecular flexibility index (Phi) is 4.35. The van der Waals surface area contributed by atoms with E-state index in [2.05, 4.69) is 20.0 Å². The number of halogens is 3. The highest BCUT2D eigenvalue weighted by molar-refractivity contribution is 5.27. The van der Waals surface area contributed by atoms with Crippen LogP contribution < -0.4 is 5.32 Å². The Morgan fingerprint density at radius 3 is 2.80 bits per heavy atom. The van der Waals surface area contributed by atoms with Gasteiger partial charge in [-0.1, -0.05) is 17.3 Å². The van der Waals surface area contributed by atoms with Crippen LogP contribution in [0.15, 0.2) is 35.2 Å². The molecule has 0 aliphatic rings. The van der Waals surface area contributed by atoms with Crippen molar-refractivity contribution in [2.75, 3.05) is 6.54 Å². The van der Waals surface area contributed by atoms with Crippen molar-refractivity contribution in [3.63, 3.8) is 0 Å². The lowest BCUT2D eigenvalue weighted by atomic mass is 10.1. The van der Waals surface area contributed by atoms with Crippen molar-refractivity contribution in [1.29, 1.82) is 0 Å². The highest BCUT2D eigenvalue weighted by Gasteiger charge is 2.30. The van der Waals surface area contributed by atoms with E-state index in [0.29, 0.717) is 5.82 Å². The van der Waals surface area contributed by atoms with Crippen LogP contribution in [0.5, 0.6) is 0 Å². The number of alkyl halides is 3. The molecule has 0 saturated carbocycles. The maximum atomic E-state index is 12.5. The van der Waals surface area contributed by atoms with Crippen LogP contribution in [0.4, 0.5) is 13.2 Å². The van der Waals surface area contributed by atoms with Crippen molar-refractivity contribution in [3.05, 3.63) is 47.6 Å². The monoisotopic (exact) mass is 287 g/mol. The molecule has 1 heterocycles. The Morgan fingerprint density at radius 2 is 2.15 bits per heavy atom. The highest BCUT2D eigenvalue weighted by Crippen LogP contribution is 2.30. The van der Waals surface area contributed by atoms with E-state index in [1.165, 1.54) is 18.5 Å². The molecule has 1 aromatic carbocycles. The van der Waals surface area contributed by atoms with Crippen molar-refractivity contribution >= 4 is 0 Å². The number of benzene rings is 1. The number of hydrogen-bond donors (Lipinski definition) is 2. The Morgan fingerprint density at radius 1 is 1.35 bits per heavy atom. The lowest BCUT2D eigenvalue weighted by Gasteiger charge is -2.14. The number of nitrogens with one attached hydrogen (secondary N) is 1. The van der Waals surface area contributed by atoms with Crippen molar-refractivity contribution < 1.29 is 22.8 Å². The van der Waals surface area contributed by atoms with Crippen molar-refractivity contribution in [2.24, 2.45) is 0 Å². The number of rotatable bonds is 5. The fourth-order valence-corrected chi connectivity index (χ4v) is 1.63. The largest absolute Gasteiger partial charge is 0.416 e. The third-order valence-corrected chi connectivity index (χ3v) is 2.63. The maximum Gasteiger partial charge on any atom is 0.416 e. The number of hydrogen-bond acceptors (Lipinski definition) is 5. The van der Waals surface area contributed by atoms with E-state index in [1.807, 2.05) is 0 Å². The van der Waals surface area contributed by atoms with Gasteiger partial charge >= 0.3 is 6.18 Å². The van der Waals surface area contributed by atoms with Crippen molar-refractivity contribution in [2.45, 2.75) is 18.8 Å². The van der Waals surface area contributed by atoms with Gasteiger partial charge in [-0.15, -0.1) is 0 Å². The van der Waals surface area contributed by atoms with Crippen molar-refractivity contribution in [1.82, 2.24) is 15.5 Å². The Labute approximate surface area is 112 Å². The van der Waals surface area contributed by atoms with Gasteiger partial charge in [0.25, 0.3) is 0 Å². The van der Waals surface area contributed by atoms with Crippen LogP contribution >= 0.6 is 0 Å². The summed E-state index contributed by atoms with van der Waals surface area (Å²) in [4.78, 5) is 3.76. The first-order valence-corrected chi connectivity index (χ1v) is 5.78. The fourth-order valence-electron chi connectivity index (χ4n) is 1.63. The van der Waals surface area contributed by atoms with Gasteiger partial charge in [-0.3, -0.25) is 0 Å². The van der Waals surface area contributed by atoms with Crippen LogP contribution in [-0.4, -0.2) is 21.8 Å². The molecule has 0 aliphatic heterocycles. The molecule has 0 amide bonds. The van der Waals surface area contributed by atoms with E-state index in [0.717, 1.165) is 12.1 Å². The van der Waals surface area contributed by atoms with E-state index in [1.54, 1.807) is 0 Å². The van der Waals surface area contributed by atoms with Gasteiger partial charge in [0, 0.05) is 6.54 Å². The first-order chi connectivity index (χ1) is 9.47. The van der Waals surface area contributed by atoms with Crippen LogP contribution in [-0.2, 0) is 12.7 Å². The normalized spacial score (nSPS) is 13.4. The van der Waals surface area contributed by atoms with Crippen LogP contribution in [0.25, 0.3) is 0 Å². The van der Waals surface area contributed by atoms with E-state index < -0.39 is 17.8 Å². The van der Waals surface area contributed by atoms with Crippen LogP contribution in [0.3, 0.4) is 0 Å². The maximum absolute atomic E-state index is 12.5. The molecule has 108 valence electrons. The molecule has 8 heteroatoms. The number of aliphatic hydroxyl groups is 1. The minimum Gasteiger partial charge on any atom is -0.387 e. The lowest BCUT2D eigenvalue weighted by Crippen LogP contribution is -2.22. The average molecular weight is 287 g/mol. The molecule has 0 saturated heterocycles. The van der Waals surface area contributed by atoms with Crippen LogP contribution in [0.1, 0.15) is 23.1 Å². The molecule has 0 radical (unpaired) electrons. The molecule has 0 aliphatic carbocycles. The van der Waals surface area contributed by atoms with Gasteiger partial charge in [-0.05, 0) is 17.7 Å². The molecule has 1 atom stereocenters. The first kappa shape index (κ1) is 14.5. The summed E-state index contributed by atoms with van der Waals surface area (Å²) >= 11 is 0. The Hall–Kier alpha value is -1.93. The topological polar surface area (TPSA) is 71.2 Å². The Bertz CT molecular complexity index is 543. The third kappa shape index (κ3) is 3.78. The summed E-state index contributed by atoms with van der Waals surface area (Å²) < 4.78 is 42.2. The molecule has 2 N–H and O–H groups in total. The second-order valence-corrected chi connectivity index (χ2v) is 4.12. The number of aliphatic hydroxyl groups excluding tert-OH is 1. The molecule has 0 spiro atoms. The molecule has 20 heavy (non-hydrogen) atoms. The molecule has 2 aromatic rings. The highest BCUT2D eigenvalue weighted by atomic mass is 19.4. The minimum absolute atomic E-state index is 0.0792. The standard InChI is InChI=1S/C12H12F3N3O2/c13-12(14,15)9-3-1-2-8(4-9)10(19)5-16-6-11-17-7-20-18-11/h1-4,7,10,16,19H,5-6H2. The summed E-state index contributed by atoms with van der Waals surface area (Å²) in [6.45, 7) is 0.336. The van der Waals surface area contributed by atoms with Gasteiger partial charge in [0.05, 0.1) is 18.2 Å². The summed E-state index contributed by atoms with van der Waals surface area (Å²) in [5.74, 6) is 0.404. The quantitative estimate of drug-likeness (QED) is 0.879. The molecule has 0 fully saturated rings. The summed E-state index contributed by atoms with van der Waals surface area (Å²) in [5.41, 5.74) is -0.590. The summed E-state index contributed by atoms with van der Waals surface area (Å²) in [6.07, 6.45) is -4.31. The zero-order valence-electron chi connectivity index (χ0n) is 10.3. The Balaban J connectivity index is 1.93. The van der Waals surface area contributed by atoms with Gasteiger partial charge in [-0.25, -0.2) is 0 Å². The molecular weight excluding hydrogens is 275 g/mol. The van der Waals surface area contributed by atoms with Gasteiger partial charge in [-0.2, -0.15) is 18.2 Å². The van der Waals surface area contributed by atoms with Gasteiger partial charge < -0.3 is 14.9 Å². The zero-order chi connectivity index (χ0) is 14.6. The fraction of sp³-hybridized carbons (Fsp3) is 0.333. The van der Waals surface area contributed by atoms with Crippen LogP contribution in [0, 0.1) is 0 Å². The molecule has 1 unspecified atom stereocenters. The molecule has 5 nitrogen and oxygen atoms in total. The summed E-state index contributed by atoms with van der Waals surface area (Å²) in [5, 5.41) is 16.2. The molecule has 1 aromatic heterocycles. The second kappa shape index (κ2) is 6.02. The third-order valence-electron chi connectivity index (χ3n) is 2.63. The van der Waals surface area contributed by atoms with Crippen molar-refractivity contribution in [3.8, 4) is 0 Å². The first-order valence-electron chi connectivity index (χ1n) is 5.78. The summed E-state index contributed by atoms with van der Waals surface area (Å²) in [7, 11) is 0. The van der Waals surface area contributed by atoms with Gasteiger partial charge in [0.15, 0.2) is 5.82 Å². The predicted molar refractivity (Wildman–Crippen MR) is 62.4 cm³/mol. The lowest BCUT2D eigenvalue weighted by molar-refractivity contribution is -0.137. The summed E-state index contributed by atoms with van der Waals surface area (Å²) in [6, 6.07) is 4.60. The average Bonchev–Trinajstić information content (AvgIpc) is 2.91. The van der Waals surface area contributed by atoms with E-state index in [4.69, 9.17) is 0 Å². The van der Waals surface area contributed by atoms with E-state index in [-0.39, 0.29) is 18.7 Å². The van der Waals surface area contributed by atoms with Crippen LogP contribution in [0.2, 0.25) is 0 Å². The number of nitrogens with zero attached hydrogens (tertiary/aromatic N) is 2. The van der Waals surface area contributed by atoms with E-state index >= 15 is 0 Å². The number of aromatic nitrogens is 2. The minimum atomic E-state index is -4.42.